The maximum Gasteiger partial charge on any atom is 0.163 e. The fourth-order valence-corrected chi connectivity index (χ4v) is 1.79. The molecule has 0 aliphatic rings. The topological polar surface area (TPSA) is 55.8 Å². The highest BCUT2D eigenvalue weighted by molar-refractivity contribution is 5.96. The minimum atomic E-state index is -0.177. The average Bonchev–Trinajstić information content (AvgIpc) is 2.45. The Bertz CT molecular complexity index is 602. The molecule has 0 aromatic heterocycles. The molecule has 0 unspecified atom stereocenters. The summed E-state index contributed by atoms with van der Waals surface area (Å²) in [5.74, 6) is 1.06. The summed E-state index contributed by atoms with van der Waals surface area (Å²) >= 11 is 0. The largest absolute Gasteiger partial charge is 0.507 e. The van der Waals surface area contributed by atoms with Gasteiger partial charge in [0.1, 0.15) is 23.9 Å². The number of Topliss-reactive ketones (excluding diaryl/α,β-unsaturated/α-hetero) is 1. The number of ether oxygens (including phenoxy) is 2. The zero-order valence-electron chi connectivity index (χ0n) is 11.4. The third-order valence-electron chi connectivity index (χ3n) is 2.91. The smallest absolute Gasteiger partial charge is 0.163 e. The predicted octanol–water partition coefficient (Wildman–Crippen LogP) is 3.18. The van der Waals surface area contributed by atoms with Gasteiger partial charge in [0.25, 0.3) is 0 Å². The van der Waals surface area contributed by atoms with E-state index >= 15 is 0 Å². The molecule has 0 aliphatic carbocycles. The van der Waals surface area contributed by atoms with Crippen molar-refractivity contribution in [1.29, 1.82) is 0 Å². The first-order valence-corrected chi connectivity index (χ1v) is 6.20. The molecule has 0 spiro atoms. The molecule has 2 rings (SSSR count). The van der Waals surface area contributed by atoms with Crippen LogP contribution in [-0.2, 0) is 6.61 Å². The van der Waals surface area contributed by atoms with Crippen molar-refractivity contribution in [2.75, 3.05) is 7.11 Å². The molecule has 104 valence electrons. The molecule has 2 aromatic rings. The van der Waals surface area contributed by atoms with Gasteiger partial charge in [-0.2, -0.15) is 0 Å². The van der Waals surface area contributed by atoms with E-state index in [9.17, 15) is 9.90 Å². The summed E-state index contributed by atoms with van der Waals surface area (Å²) < 4.78 is 10.6. The molecule has 2 aromatic carbocycles. The lowest BCUT2D eigenvalue weighted by atomic mass is 10.1. The number of rotatable bonds is 5. The van der Waals surface area contributed by atoms with E-state index in [4.69, 9.17) is 9.47 Å². The first-order chi connectivity index (χ1) is 9.60. The van der Waals surface area contributed by atoms with Crippen molar-refractivity contribution in [3.8, 4) is 17.2 Å². The van der Waals surface area contributed by atoms with Crippen LogP contribution in [0.15, 0.2) is 42.5 Å². The Morgan fingerprint density at radius 1 is 1.10 bits per heavy atom. The third kappa shape index (κ3) is 3.29. The summed E-state index contributed by atoms with van der Waals surface area (Å²) in [6, 6.07) is 12.2. The number of methoxy groups -OCH3 is 1. The minimum absolute atomic E-state index is 0.0651. The van der Waals surface area contributed by atoms with E-state index in [1.54, 1.807) is 19.2 Å². The predicted molar refractivity (Wildman–Crippen MR) is 75.4 cm³/mol. The van der Waals surface area contributed by atoms with Crippen LogP contribution in [-0.4, -0.2) is 18.0 Å². The molecule has 0 saturated heterocycles. The van der Waals surface area contributed by atoms with Gasteiger partial charge in [-0.3, -0.25) is 4.79 Å². The second kappa shape index (κ2) is 6.10. The lowest BCUT2D eigenvalue weighted by molar-refractivity contribution is 0.101. The summed E-state index contributed by atoms with van der Waals surface area (Å²) in [6.07, 6.45) is 0. The molecular formula is C16H16O4. The van der Waals surface area contributed by atoms with Crippen molar-refractivity contribution in [2.24, 2.45) is 0 Å². The Labute approximate surface area is 117 Å². The van der Waals surface area contributed by atoms with Crippen LogP contribution >= 0.6 is 0 Å². The molecular weight excluding hydrogens is 256 g/mol. The summed E-state index contributed by atoms with van der Waals surface area (Å²) in [5.41, 5.74) is 1.28. The molecule has 0 radical (unpaired) electrons. The summed E-state index contributed by atoms with van der Waals surface area (Å²) in [5, 5.41) is 9.71. The van der Waals surface area contributed by atoms with Gasteiger partial charge in [-0.25, -0.2) is 0 Å². The van der Waals surface area contributed by atoms with Gasteiger partial charge in [-0.1, -0.05) is 12.1 Å². The van der Waals surface area contributed by atoms with Gasteiger partial charge in [-0.05, 0) is 36.8 Å². The van der Waals surface area contributed by atoms with Gasteiger partial charge in [0.2, 0.25) is 0 Å². The van der Waals surface area contributed by atoms with Crippen LogP contribution < -0.4 is 9.47 Å². The van der Waals surface area contributed by atoms with Crippen LogP contribution in [0, 0.1) is 0 Å². The van der Waals surface area contributed by atoms with Crippen molar-refractivity contribution in [3.63, 3.8) is 0 Å². The van der Waals surface area contributed by atoms with Crippen molar-refractivity contribution in [3.05, 3.63) is 53.6 Å². The van der Waals surface area contributed by atoms with Crippen LogP contribution in [0.3, 0.4) is 0 Å². The lowest BCUT2D eigenvalue weighted by Gasteiger charge is -2.08. The van der Waals surface area contributed by atoms with E-state index in [2.05, 4.69) is 0 Å². The fraction of sp³-hybridized carbons (Fsp3) is 0.188. The average molecular weight is 272 g/mol. The van der Waals surface area contributed by atoms with E-state index in [-0.39, 0.29) is 11.5 Å². The molecule has 0 amide bonds. The van der Waals surface area contributed by atoms with E-state index in [0.29, 0.717) is 17.9 Å². The lowest BCUT2D eigenvalue weighted by Crippen LogP contribution is -1.97. The number of phenols is 1. The Morgan fingerprint density at radius 3 is 2.30 bits per heavy atom. The van der Waals surface area contributed by atoms with Crippen LogP contribution in [0.5, 0.6) is 17.2 Å². The van der Waals surface area contributed by atoms with E-state index in [1.807, 2.05) is 24.3 Å². The molecule has 0 fully saturated rings. The van der Waals surface area contributed by atoms with Crippen molar-refractivity contribution in [2.45, 2.75) is 13.5 Å². The zero-order valence-corrected chi connectivity index (χ0v) is 11.4. The fourth-order valence-electron chi connectivity index (χ4n) is 1.79. The van der Waals surface area contributed by atoms with Crippen molar-refractivity contribution < 1.29 is 19.4 Å². The Balaban J connectivity index is 2.03. The van der Waals surface area contributed by atoms with E-state index < -0.39 is 0 Å². The molecule has 0 atom stereocenters. The zero-order chi connectivity index (χ0) is 14.5. The summed E-state index contributed by atoms with van der Waals surface area (Å²) in [7, 11) is 1.62. The number of hydrogen-bond acceptors (Lipinski definition) is 4. The number of benzene rings is 2. The molecule has 1 N–H and O–H groups in total. The summed E-state index contributed by atoms with van der Waals surface area (Å²) in [4.78, 5) is 11.2. The van der Waals surface area contributed by atoms with Gasteiger partial charge in [0.05, 0.1) is 12.7 Å². The van der Waals surface area contributed by atoms with Gasteiger partial charge in [-0.15, -0.1) is 0 Å². The molecule has 0 heterocycles. The highest BCUT2D eigenvalue weighted by Crippen LogP contribution is 2.24. The van der Waals surface area contributed by atoms with Crippen LogP contribution in [0.25, 0.3) is 0 Å². The van der Waals surface area contributed by atoms with Crippen LogP contribution in [0.1, 0.15) is 22.8 Å². The Hall–Kier alpha value is -2.49. The second-order valence-electron chi connectivity index (χ2n) is 4.37. The Kier molecular flexibility index (Phi) is 4.25. The maximum absolute atomic E-state index is 11.2. The minimum Gasteiger partial charge on any atom is -0.507 e. The Morgan fingerprint density at radius 2 is 1.75 bits per heavy atom. The molecule has 4 nitrogen and oxygen atoms in total. The summed E-state index contributed by atoms with van der Waals surface area (Å²) in [6.45, 7) is 1.79. The number of phenolic OH excluding ortho intramolecular Hbond substituents is 1. The highest BCUT2D eigenvalue weighted by atomic mass is 16.5. The number of carbonyl (C=O) groups excluding carboxylic acids is 1. The van der Waals surface area contributed by atoms with Gasteiger partial charge in [0.15, 0.2) is 5.78 Å². The standard InChI is InChI=1S/C16H16O4/c1-11(17)15-8-7-14(9-16(15)18)20-10-12-3-5-13(19-2)6-4-12/h3-9,18H,10H2,1-2H3. The van der Waals surface area contributed by atoms with Crippen LogP contribution in [0.4, 0.5) is 0 Å². The third-order valence-corrected chi connectivity index (χ3v) is 2.91. The first kappa shape index (κ1) is 13.9. The number of ketones is 1. The van der Waals surface area contributed by atoms with Gasteiger partial charge < -0.3 is 14.6 Å². The quantitative estimate of drug-likeness (QED) is 0.849. The number of aromatic hydroxyl groups is 1. The van der Waals surface area contributed by atoms with Crippen molar-refractivity contribution >= 4 is 5.78 Å². The van der Waals surface area contributed by atoms with E-state index in [0.717, 1.165) is 11.3 Å². The monoisotopic (exact) mass is 272 g/mol. The molecule has 20 heavy (non-hydrogen) atoms. The van der Waals surface area contributed by atoms with Crippen LogP contribution in [0.2, 0.25) is 0 Å². The normalized spacial score (nSPS) is 10.1. The first-order valence-electron chi connectivity index (χ1n) is 6.20. The van der Waals surface area contributed by atoms with Gasteiger partial charge >= 0.3 is 0 Å². The molecule has 0 saturated carbocycles. The molecule has 0 aliphatic heterocycles. The molecule has 0 bridgehead atoms. The van der Waals surface area contributed by atoms with E-state index in [1.165, 1.54) is 13.0 Å². The van der Waals surface area contributed by atoms with Gasteiger partial charge in [0, 0.05) is 6.07 Å². The molecule has 4 heteroatoms. The van der Waals surface area contributed by atoms with Crippen molar-refractivity contribution in [1.82, 2.24) is 0 Å². The second-order valence-corrected chi connectivity index (χ2v) is 4.37. The number of hydrogen-bond donors (Lipinski definition) is 1. The number of carbonyl (C=O) groups is 1. The SMILES string of the molecule is COc1ccc(COc2ccc(C(C)=O)c(O)c2)cc1. The maximum atomic E-state index is 11.2. The highest BCUT2D eigenvalue weighted by Gasteiger charge is 2.07.